The predicted octanol–water partition coefficient (Wildman–Crippen LogP) is 4.41. The van der Waals surface area contributed by atoms with Crippen LogP contribution < -0.4 is 5.32 Å². The first-order chi connectivity index (χ1) is 11.7. The van der Waals surface area contributed by atoms with Crippen LogP contribution in [0.25, 0.3) is 0 Å². The molecule has 1 N–H and O–H groups in total. The van der Waals surface area contributed by atoms with Crippen molar-refractivity contribution in [2.24, 2.45) is 11.8 Å². The van der Waals surface area contributed by atoms with E-state index >= 15 is 0 Å². The maximum atomic E-state index is 12.8. The van der Waals surface area contributed by atoms with E-state index in [9.17, 15) is 9.59 Å². The summed E-state index contributed by atoms with van der Waals surface area (Å²) >= 11 is 0. The van der Waals surface area contributed by atoms with Gasteiger partial charge in [-0.2, -0.15) is 0 Å². The molecule has 1 unspecified atom stereocenters. The standard InChI is InChI=1S/C21H21NO2/c23-20(16-8-9-16)17-10-12-18(13-11-17)22-21(24)19(15-6-7-15)14-4-2-1-3-5-14/h1-5,10-13,15-16,19H,6-9H2,(H,22,24). The average Bonchev–Trinajstić information content (AvgIpc) is 3.49. The van der Waals surface area contributed by atoms with Crippen LogP contribution in [0.15, 0.2) is 54.6 Å². The number of carbonyl (C=O) groups excluding carboxylic acids is 2. The van der Waals surface area contributed by atoms with Crippen LogP contribution in [0.5, 0.6) is 0 Å². The topological polar surface area (TPSA) is 46.2 Å². The van der Waals surface area contributed by atoms with E-state index in [1.54, 1.807) is 0 Å². The Labute approximate surface area is 142 Å². The van der Waals surface area contributed by atoms with E-state index in [-0.39, 0.29) is 23.5 Å². The van der Waals surface area contributed by atoms with E-state index in [0.717, 1.165) is 42.5 Å². The minimum atomic E-state index is -0.0843. The van der Waals surface area contributed by atoms with Crippen molar-refractivity contribution in [3.63, 3.8) is 0 Å². The highest BCUT2D eigenvalue weighted by Crippen LogP contribution is 2.43. The van der Waals surface area contributed by atoms with Crippen molar-refractivity contribution >= 4 is 17.4 Å². The normalized spacial score (nSPS) is 18.0. The van der Waals surface area contributed by atoms with E-state index in [2.05, 4.69) is 5.32 Å². The van der Waals surface area contributed by atoms with Crippen molar-refractivity contribution < 1.29 is 9.59 Å². The fourth-order valence-electron chi connectivity index (χ4n) is 3.25. The van der Waals surface area contributed by atoms with Crippen molar-refractivity contribution in [2.45, 2.75) is 31.6 Å². The Hall–Kier alpha value is -2.42. The van der Waals surface area contributed by atoms with Gasteiger partial charge in [-0.1, -0.05) is 30.3 Å². The van der Waals surface area contributed by atoms with Crippen LogP contribution in [0.2, 0.25) is 0 Å². The van der Waals surface area contributed by atoms with Gasteiger partial charge in [-0.3, -0.25) is 9.59 Å². The summed E-state index contributed by atoms with van der Waals surface area (Å²) in [5.74, 6) is 0.864. The Morgan fingerprint density at radius 3 is 2.12 bits per heavy atom. The van der Waals surface area contributed by atoms with Crippen LogP contribution in [0.4, 0.5) is 5.69 Å². The number of rotatable bonds is 6. The highest BCUT2D eigenvalue weighted by molar-refractivity contribution is 6.00. The molecule has 1 amide bonds. The molecule has 4 rings (SSSR count). The molecule has 0 bridgehead atoms. The van der Waals surface area contributed by atoms with Crippen molar-refractivity contribution in [1.29, 1.82) is 0 Å². The second-order valence-electron chi connectivity index (χ2n) is 6.93. The molecule has 2 aromatic carbocycles. The molecular weight excluding hydrogens is 298 g/mol. The molecule has 0 heterocycles. The molecule has 2 fully saturated rings. The third-order valence-electron chi connectivity index (χ3n) is 4.92. The van der Waals surface area contributed by atoms with Crippen LogP contribution >= 0.6 is 0 Å². The van der Waals surface area contributed by atoms with Crippen LogP contribution in [-0.2, 0) is 4.79 Å². The highest BCUT2D eigenvalue weighted by atomic mass is 16.2. The molecule has 0 aromatic heterocycles. The summed E-state index contributed by atoms with van der Waals surface area (Å²) < 4.78 is 0. The molecule has 0 aliphatic heterocycles. The molecule has 3 nitrogen and oxygen atoms in total. The molecule has 2 saturated carbocycles. The Kier molecular flexibility index (Phi) is 3.93. The number of Topliss-reactive ketones (excluding diaryl/α,β-unsaturated/α-hetero) is 1. The van der Waals surface area contributed by atoms with Gasteiger partial charge >= 0.3 is 0 Å². The first kappa shape index (κ1) is 15.1. The number of hydrogen-bond donors (Lipinski definition) is 1. The van der Waals surface area contributed by atoms with Gasteiger partial charge in [0.2, 0.25) is 5.91 Å². The predicted molar refractivity (Wildman–Crippen MR) is 94.0 cm³/mol. The smallest absolute Gasteiger partial charge is 0.232 e. The van der Waals surface area contributed by atoms with E-state index in [1.165, 1.54) is 0 Å². The van der Waals surface area contributed by atoms with E-state index < -0.39 is 0 Å². The zero-order valence-electron chi connectivity index (χ0n) is 13.6. The molecular formula is C21H21NO2. The Bertz CT molecular complexity index is 743. The van der Waals surface area contributed by atoms with Gasteiger partial charge in [0.1, 0.15) is 0 Å². The third-order valence-corrected chi connectivity index (χ3v) is 4.92. The number of anilines is 1. The third kappa shape index (κ3) is 3.25. The fraction of sp³-hybridized carbons (Fsp3) is 0.333. The molecule has 0 spiro atoms. The first-order valence-electron chi connectivity index (χ1n) is 8.72. The van der Waals surface area contributed by atoms with Crippen LogP contribution in [-0.4, -0.2) is 11.7 Å². The molecule has 1 atom stereocenters. The van der Waals surface area contributed by atoms with Gasteiger partial charge < -0.3 is 5.32 Å². The lowest BCUT2D eigenvalue weighted by atomic mass is 9.93. The van der Waals surface area contributed by atoms with Crippen LogP contribution in [0.1, 0.15) is 47.5 Å². The van der Waals surface area contributed by atoms with E-state index in [4.69, 9.17) is 0 Å². The minimum Gasteiger partial charge on any atom is -0.326 e. The fourth-order valence-corrected chi connectivity index (χ4v) is 3.25. The first-order valence-corrected chi connectivity index (χ1v) is 8.72. The number of hydrogen-bond acceptors (Lipinski definition) is 2. The highest BCUT2D eigenvalue weighted by Gasteiger charge is 2.37. The maximum absolute atomic E-state index is 12.8. The van der Waals surface area contributed by atoms with Gasteiger partial charge in [0, 0.05) is 17.2 Å². The number of carbonyl (C=O) groups is 2. The summed E-state index contributed by atoms with van der Waals surface area (Å²) in [6, 6.07) is 17.3. The van der Waals surface area contributed by atoms with Crippen LogP contribution in [0.3, 0.4) is 0 Å². The molecule has 24 heavy (non-hydrogen) atoms. The minimum absolute atomic E-state index is 0.0463. The van der Waals surface area contributed by atoms with Gasteiger partial charge in [0.15, 0.2) is 5.78 Å². The Morgan fingerprint density at radius 2 is 1.54 bits per heavy atom. The number of nitrogens with one attached hydrogen (secondary N) is 1. The zero-order chi connectivity index (χ0) is 16.5. The molecule has 2 aliphatic rings. The summed E-state index contributed by atoms with van der Waals surface area (Å²) in [4.78, 5) is 24.8. The lowest BCUT2D eigenvalue weighted by molar-refractivity contribution is -0.118. The summed E-state index contributed by atoms with van der Waals surface area (Å²) in [5, 5.41) is 3.02. The number of amides is 1. The van der Waals surface area contributed by atoms with Crippen LogP contribution in [0, 0.1) is 11.8 Å². The number of ketones is 1. The Morgan fingerprint density at radius 1 is 0.875 bits per heavy atom. The summed E-state index contributed by atoms with van der Waals surface area (Å²) in [6.07, 6.45) is 4.25. The van der Waals surface area contributed by atoms with Crippen molar-refractivity contribution in [3.8, 4) is 0 Å². The largest absolute Gasteiger partial charge is 0.326 e. The van der Waals surface area contributed by atoms with Gasteiger partial charge in [-0.25, -0.2) is 0 Å². The van der Waals surface area contributed by atoms with E-state index in [1.807, 2.05) is 54.6 Å². The molecule has 0 saturated heterocycles. The SMILES string of the molecule is O=C(c1ccc(NC(=O)C(c2ccccc2)C2CC2)cc1)C1CC1. The van der Waals surface area contributed by atoms with Crippen molar-refractivity contribution in [3.05, 3.63) is 65.7 Å². The van der Waals surface area contributed by atoms with Gasteiger partial charge in [-0.05, 0) is 61.4 Å². The molecule has 2 aromatic rings. The monoisotopic (exact) mass is 319 g/mol. The maximum Gasteiger partial charge on any atom is 0.232 e. The lowest BCUT2D eigenvalue weighted by Gasteiger charge is -2.17. The van der Waals surface area contributed by atoms with Gasteiger partial charge in [-0.15, -0.1) is 0 Å². The lowest BCUT2D eigenvalue weighted by Crippen LogP contribution is -2.22. The van der Waals surface area contributed by atoms with Gasteiger partial charge in [0.25, 0.3) is 0 Å². The molecule has 3 heteroatoms. The molecule has 122 valence electrons. The van der Waals surface area contributed by atoms with Crippen molar-refractivity contribution in [2.75, 3.05) is 5.32 Å². The second kappa shape index (κ2) is 6.23. The van der Waals surface area contributed by atoms with Gasteiger partial charge in [0.05, 0.1) is 5.92 Å². The zero-order valence-corrected chi connectivity index (χ0v) is 13.6. The summed E-state index contributed by atoms with van der Waals surface area (Å²) in [5.41, 5.74) is 2.59. The molecule has 2 aliphatic carbocycles. The molecule has 0 radical (unpaired) electrons. The van der Waals surface area contributed by atoms with E-state index in [0.29, 0.717) is 5.92 Å². The second-order valence-corrected chi connectivity index (χ2v) is 6.93. The quantitative estimate of drug-likeness (QED) is 0.802. The summed E-state index contributed by atoms with van der Waals surface area (Å²) in [7, 11) is 0. The summed E-state index contributed by atoms with van der Waals surface area (Å²) in [6.45, 7) is 0. The average molecular weight is 319 g/mol. The Balaban J connectivity index is 1.47. The number of benzene rings is 2. The van der Waals surface area contributed by atoms with Crippen molar-refractivity contribution in [1.82, 2.24) is 0 Å².